The number of nitrogens with two attached hydrogens (primary N) is 1. The second kappa shape index (κ2) is 8.12. The lowest BCUT2D eigenvalue weighted by Gasteiger charge is -2.23. The first-order valence-electron chi connectivity index (χ1n) is 10.4. The predicted molar refractivity (Wildman–Crippen MR) is 120 cm³/mol. The summed E-state index contributed by atoms with van der Waals surface area (Å²) in [5.41, 5.74) is 11.2. The van der Waals surface area contributed by atoms with E-state index in [9.17, 15) is 0 Å². The maximum absolute atomic E-state index is 6.25. The zero-order valence-corrected chi connectivity index (χ0v) is 16.8. The number of fused-ring (bicyclic) bond motifs is 1. The number of nitrogens with zero attached hydrogens (tertiary/aromatic N) is 4. The number of nitrogen functional groups attached to an aromatic ring is 1. The molecule has 2 aromatic heterocycles. The highest BCUT2D eigenvalue weighted by atomic mass is 15.3. The summed E-state index contributed by atoms with van der Waals surface area (Å²) in [5.74, 6) is 0.474. The highest BCUT2D eigenvalue weighted by molar-refractivity contribution is 5.98. The van der Waals surface area contributed by atoms with E-state index in [0.717, 1.165) is 60.5 Å². The van der Waals surface area contributed by atoms with Gasteiger partial charge in [-0.25, -0.2) is 14.6 Å². The molecule has 7 heteroatoms. The van der Waals surface area contributed by atoms with Crippen LogP contribution >= 0.6 is 0 Å². The van der Waals surface area contributed by atoms with Gasteiger partial charge in [0.1, 0.15) is 17.8 Å². The Balaban J connectivity index is 1.45. The second-order valence-corrected chi connectivity index (χ2v) is 7.65. The van der Waals surface area contributed by atoms with Crippen LogP contribution in [0.3, 0.4) is 0 Å². The molecule has 0 radical (unpaired) electrons. The topological polar surface area (TPSA) is 93.7 Å². The molecule has 0 spiro atoms. The molecule has 0 saturated carbocycles. The molecule has 5 rings (SSSR count). The maximum Gasteiger partial charge on any atom is 0.164 e. The zero-order valence-electron chi connectivity index (χ0n) is 16.8. The van der Waals surface area contributed by atoms with E-state index in [0.29, 0.717) is 11.9 Å². The van der Waals surface area contributed by atoms with Gasteiger partial charge in [0.05, 0.1) is 11.4 Å². The Morgan fingerprint density at radius 3 is 2.53 bits per heavy atom. The highest BCUT2D eigenvalue weighted by Gasteiger charge is 2.23. The van der Waals surface area contributed by atoms with E-state index in [2.05, 4.69) is 69.1 Å². The molecule has 4 aromatic rings. The minimum atomic E-state index is 0.323. The molecule has 0 atom stereocenters. The average molecular weight is 400 g/mol. The van der Waals surface area contributed by atoms with Gasteiger partial charge in [0.15, 0.2) is 5.65 Å². The van der Waals surface area contributed by atoms with Crippen molar-refractivity contribution in [3.05, 3.63) is 66.5 Å². The van der Waals surface area contributed by atoms with Crippen LogP contribution in [0.25, 0.3) is 22.3 Å². The molecular formula is C23H25N7. The summed E-state index contributed by atoms with van der Waals surface area (Å²) in [5, 5.41) is 12.7. The van der Waals surface area contributed by atoms with Crippen molar-refractivity contribution in [1.82, 2.24) is 25.1 Å². The summed E-state index contributed by atoms with van der Waals surface area (Å²) >= 11 is 0. The van der Waals surface area contributed by atoms with Crippen LogP contribution in [0.5, 0.6) is 0 Å². The number of benzene rings is 2. The summed E-state index contributed by atoms with van der Waals surface area (Å²) in [6.07, 6.45) is 3.59. The minimum Gasteiger partial charge on any atom is -0.383 e. The number of hydrogen-bond acceptors (Lipinski definition) is 6. The van der Waals surface area contributed by atoms with Crippen LogP contribution in [0.4, 0.5) is 11.5 Å². The van der Waals surface area contributed by atoms with Gasteiger partial charge in [0.2, 0.25) is 0 Å². The summed E-state index contributed by atoms with van der Waals surface area (Å²) in [6.45, 7) is 2.77. The molecule has 2 aromatic carbocycles. The fraction of sp³-hybridized carbons (Fsp3) is 0.261. The molecule has 0 aliphatic carbocycles. The Morgan fingerprint density at radius 2 is 1.77 bits per heavy atom. The molecule has 0 bridgehead atoms. The Morgan fingerprint density at radius 1 is 1.00 bits per heavy atom. The van der Waals surface area contributed by atoms with Crippen molar-refractivity contribution in [3.63, 3.8) is 0 Å². The van der Waals surface area contributed by atoms with E-state index in [-0.39, 0.29) is 0 Å². The molecule has 0 amide bonds. The fourth-order valence-corrected chi connectivity index (χ4v) is 4.05. The smallest absolute Gasteiger partial charge is 0.164 e. The molecular weight excluding hydrogens is 374 g/mol. The number of nitrogens with one attached hydrogen (secondary N) is 2. The van der Waals surface area contributed by atoms with Gasteiger partial charge in [0, 0.05) is 17.8 Å². The quantitative estimate of drug-likeness (QED) is 0.475. The lowest BCUT2D eigenvalue weighted by atomic mass is 10.1. The van der Waals surface area contributed by atoms with Crippen LogP contribution in [0.1, 0.15) is 24.4 Å². The zero-order chi connectivity index (χ0) is 20.3. The number of anilines is 2. The van der Waals surface area contributed by atoms with E-state index in [1.54, 1.807) is 0 Å². The van der Waals surface area contributed by atoms with Crippen LogP contribution in [0, 0.1) is 0 Å². The van der Waals surface area contributed by atoms with Crippen LogP contribution in [0.15, 0.2) is 60.9 Å². The third kappa shape index (κ3) is 3.59. The molecule has 1 aliphatic heterocycles. The van der Waals surface area contributed by atoms with Crippen molar-refractivity contribution in [1.29, 1.82) is 0 Å². The Labute approximate surface area is 175 Å². The van der Waals surface area contributed by atoms with Gasteiger partial charge in [0.25, 0.3) is 0 Å². The van der Waals surface area contributed by atoms with Crippen molar-refractivity contribution in [2.45, 2.75) is 25.4 Å². The Bertz CT molecular complexity index is 1130. The van der Waals surface area contributed by atoms with Gasteiger partial charge < -0.3 is 16.4 Å². The molecule has 0 unspecified atom stereocenters. The molecule has 1 saturated heterocycles. The molecule has 4 N–H and O–H groups in total. The first-order valence-corrected chi connectivity index (χ1v) is 10.4. The third-order valence-electron chi connectivity index (χ3n) is 5.67. The first-order chi connectivity index (χ1) is 14.8. The van der Waals surface area contributed by atoms with E-state index in [1.807, 2.05) is 10.7 Å². The minimum absolute atomic E-state index is 0.323. The summed E-state index contributed by atoms with van der Waals surface area (Å²) in [6, 6.07) is 19.0. The first kappa shape index (κ1) is 18.6. The molecule has 1 aliphatic rings. The number of piperidine rings is 1. The van der Waals surface area contributed by atoms with E-state index < -0.39 is 0 Å². The standard InChI is InChI=1S/C23H25N7/c24-22-20-21(29-30(23(20)28-15-27-22)19-10-12-25-13-11-19)17-6-8-18(9-7-17)26-14-16-4-2-1-3-5-16/h1-9,15,19,25-26H,10-14H2,(H2,24,27,28). The lowest BCUT2D eigenvalue weighted by Crippen LogP contribution is -2.30. The van der Waals surface area contributed by atoms with Crippen molar-refractivity contribution < 1.29 is 0 Å². The van der Waals surface area contributed by atoms with Gasteiger partial charge in [-0.05, 0) is 43.6 Å². The number of aromatic nitrogens is 4. The van der Waals surface area contributed by atoms with Gasteiger partial charge in [-0.2, -0.15) is 5.10 Å². The van der Waals surface area contributed by atoms with E-state index in [4.69, 9.17) is 10.8 Å². The van der Waals surface area contributed by atoms with E-state index >= 15 is 0 Å². The Hall–Kier alpha value is -3.45. The summed E-state index contributed by atoms with van der Waals surface area (Å²) in [7, 11) is 0. The third-order valence-corrected chi connectivity index (χ3v) is 5.67. The molecule has 30 heavy (non-hydrogen) atoms. The predicted octanol–water partition coefficient (Wildman–Crippen LogP) is 3.61. The maximum atomic E-state index is 6.25. The average Bonchev–Trinajstić information content (AvgIpc) is 3.20. The van der Waals surface area contributed by atoms with Gasteiger partial charge >= 0.3 is 0 Å². The van der Waals surface area contributed by atoms with E-state index in [1.165, 1.54) is 11.9 Å². The van der Waals surface area contributed by atoms with Crippen molar-refractivity contribution in [3.8, 4) is 11.3 Å². The monoisotopic (exact) mass is 399 g/mol. The molecule has 3 heterocycles. The lowest BCUT2D eigenvalue weighted by molar-refractivity contribution is 0.350. The van der Waals surface area contributed by atoms with Crippen molar-refractivity contribution in [2.24, 2.45) is 0 Å². The van der Waals surface area contributed by atoms with Gasteiger partial charge in [-0.15, -0.1) is 0 Å². The fourth-order valence-electron chi connectivity index (χ4n) is 4.05. The van der Waals surface area contributed by atoms with Crippen molar-refractivity contribution >= 4 is 22.5 Å². The van der Waals surface area contributed by atoms with Crippen molar-refractivity contribution in [2.75, 3.05) is 24.1 Å². The Kier molecular flexibility index (Phi) is 5.03. The molecule has 1 fully saturated rings. The number of rotatable bonds is 5. The molecule has 7 nitrogen and oxygen atoms in total. The van der Waals surface area contributed by atoms with Gasteiger partial charge in [-0.1, -0.05) is 42.5 Å². The SMILES string of the molecule is Nc1ncnc2c1c(-c1ccc(NCc3ccccc3)cc1)nn2C1CCNCC1. The van der Waals surface area contributed by atoms with Crippen LogP contribution < -0.4 is 16.4 Å². The second-order valence-electron chi connectivity index (χ2n) is 7.65. The largest absolute Gasteiger partial charge is 0.383 e. The number of hydrogen-bond donors (Lipinski definition) is 3. The molecule has 152 valence electrons. The van der Waals surface area contributed by atoms with Gasteiger partial charge in [-0.3, -0.25) is 0 Å². The van der Waals surface area contributed by atoms with Crippen LogP contribution in [0.2, 0.25) is 0 Å². The highest BCUT2D eigenvalue weighted by Crippen LogP contribution is 2.33. The summed E-state index contributed by atoms with van der Waals surface area (Å²) < 4.78 is 2.05. The van der Waals surface area contributed by atoms with Crippen LogP contribution in [-0.2, 0) is 6.54 Å². The summed E-state index contributed by atoms with van der Waals surface area (Å²) in [4.78, 5) is 8.74. The normalized spacial score (nSPS) is 14.8. The van der Waals surface area contributed by atoms with Crippen LogP contribution in [-0.4, -0.2) is 32.8 Å².